The van der Waals surface area contributed by atoms with Gasteiger partial charge in [0.15, 0.2) is 0 Å². The van der Waals surface area contributed by atoms with Gasteiger partial charge in [-0.3, -0.25) is 9.69 Å². The minimum atomic E-state index is -0.169. The van der Waals surface area contributed by atoms with Crippen molar-refractivity contribution in [3.63, 3.8) is 0 Å². The van der Waals surface area contributed by atoms with Crippen LogP contribution in [0, 0.1) is 0 Å². The Balaban J connectivity index is 1.49. The fourth-order valence-electron chi connectivity index (χ4n) is 3.93. The van der Waals surface area contributed by atoms with Gasteiger partial charge in [0.2, 0.25) is 5.91 Å². The van der Waals surface area contributed by atoms with Crippen molar-refractivity contribution in [1.29, 1.82) is 0 Å². The number of hydrogen-bond acceptors (Lipinski definition) is 3. The maximum absolute atomic E-state index is 13.1. The highest BCUT2D eigenvalue weighted by atomic mass is 16.2. The van der Waals surface area contributed by atoms with Crippen LogP contribution in [0.15, 0.2) is 42.7 Å². The number of aromatic nitrogens is 2. The molecule has 5 heteroatoms. The molecule has 1 amide bonds. The maximum atomic E-state index is 13.1. The van der Waals surface area contributed by atoms with E-state index >= 15 is 0 Å². The molecule has 0 unspecified atom stereocenters. The first kappa shape index (κ1) is 15.4. The maximum Gasteiger partial charge on any atom is 0.242 e. The van der Waals surface area contributed by atoms with Gasteiger partial charge in [-0.2, -0.15) is 0 Å². The zero-order chi connectivity index (χ0) is 16.4. The van der Waals surface area contributed by atoms with Crippen LogP contribution in [0.5, 0.6) is 0 Å². The Morgan fingerprint density at radius 1 is 1.21 bits per heavy atom. The number of carbonyl (C=O) groups excluding carboxylic acids is 1. The van der Waals surface area contributed by atoms with E-state index in [4.69, 9.17) is 0 Å². The Kier molecular flexibility index (Phi) is 4.34. The Morgan fingerprint density at radius 2 is 2.00 bits per heavy atom. The number of benzene rings is 1. The number of nitrogens with one attached hydrogen (secondary N) is 1. The first-order valence-electron chi connectivity index (χ1n) is 8.90. The summed E-state index contributed by atoms with van der Waals surface area (Å²) in [4.78, 5) is 19.7. The third-order valence-electron chi connectivity index (χ3n) is 5.15. The van der Waals surface area contributed by atoms with Crippen LogP contribution in [0.2, 0.25) is 0 Å². The number of aryl methyl sites for hydroxylation is 1. The molecule has 1 N–H and O–H groups in total. The second-order valence-electron chi connectivity index (χ2n) is 6.80. The first-order chi connectivity index (χ1) is 11.8. The Morgan fingerprint density at radius 3 is 2.79 bits per heavy atom. The van der Waals surface area contributed by atoms with Crippen molar-refractivity contribution in [3.8, 4) is 0 Å². The van der Waals surface area contributed by atoms with Crippen LogP contribution in [0.1, 0.15) is 36.7 Å². The zero-order valence-electron chi connectivity index (χ0n) is 13.9. The monoisotopic (exact) mass is 324 g/mol. The highest BCUT2D eigenvalue weighted by Crippen LogP contribution is 2.26. The third-order valence-corrected chi connectivity index (χ3v) is 5.15. The molecule has 1 fully saturated rings. The molecule has 2 aromatic rings. The molecule has 126 valence electrons. The number of nitrogens with zero attached hydrogens (tertiary/aromatic N) is 3. The van der Waals surface area contributed by atoms with Gasteiger partial charge in [0.25, 0.3) is 0 Å². The van der Waals surface area contributed by atoms with Crippen LogP contribution in [0.25, 0.3) is 0 Å². The van der Waals surface area contributed by atoms with Crippen molar-refractivity contribution in [2.45, 2.75) is 44.3 Å². The lowest BCUT2D eigenvalue weighted by molar-refractivity contribution is -0.127. The summed E-state index contributed by atoms with van der Waals surface area (Å²) in [5, 5.41) is 3.30. The molecule has 0 aliphatic carbocycles. The minimum Gasteiger partial charge on any atom is -0.350 e. The number of imidazole rings is 1. The van der Waals surface area contributed by atoms with Gasteiger partial charge in [0.1, 0.15) is 11.9 Å². The number of likely N-dealkylation sites (tertiary alicyclic amines) is 1. The van der Waals surface area contributed by atoms with E-state index in [1.165, 1.54) is 12.8 Å². The highest BCUT2D eigenvalue weighted by Gasteiger charge is 2.31. The lowest BCUT2D eigenvalue weighted by atomic mass is 10.0. The smallest absolute Gasteiger partial charge is 0.242 e. The summed E-state index contributed by atoms with van der Waals surface area (Å²) in [6.07, 6.45) is 8.10. The molecule has 5 nitrogen and oxygen atoms in total. The van der Waals surface area contributed by atoms with E-state index in [0.29, 0.717) is 0 Å². The summed E-state index contributed by atoms with van der Waals surface area (Å²) >= 11 is 0. The van der Waals surface area contributed by atoms with Crippen molar-refractivity contribution in [2.75, 3.05) is 13.1 Å². The molecule has 3 heterocycles. The molecule has 0 radical (unpaired) electrons. The molecule has 0 spiro atoms. The number of hydrogen-bond donors (Lipinski definition) is 1. The van der Waals surface area contributed by atoms with Crippen LogP contribution in [0.3, 0.4) is 0 Å². The molecular weight excluding hydrogens is 300 g/mol. The highest BCUT2D eigenvalue weighted by molar-refractivity contribution is 5.83. The average molecular weight is 324 g/mol. The van der Waals surface area contributed by atoms with Crippen molar-refractivity contribution < 1.29 is 4.79 Å². The Hall–Kier alpha value is -2.14. The summed E-state index contributed by atoms with van der Waals surface area (Å²) < 4.78 is 2.15. The lowest BCUT2D eigenvalue weighted by Crippen LogP contribution is -2.46. The predicted octanol–water partition coefficient (Wildman–Crippen LogP) is 2.15. The summed E-state index contributed by atoms with van der Waals surface area (Å²) in [6, 6.07) is 10.2. The van der Waals surface area contributed by atoms with E-state index in [2.05, 4.69) is 31.9 Å². The molecule has 2 atom stereocenters. The van der Waals surface area contributed by atoms with Gasteiger partial charge in [-0.05, 0) is 37.9 Å². The van der Waals surface area contributed by atoms with Gasteiger partial charge in [-0.1, -0.05) is 30.3 Å². The summed E-state index contributed by atoms with van der Waals surface area (Å²) in [5.74, 6) is 1.26. The average Bonchev–Trinajstić information content (AvgIpc) is 3.27. The summed E-state index contributed by atoms with van der Waals surface area (Å²) in [6.45, 7) is 2.83. The molecule has 24 heavy (non-hydrogen) atoms. The lowest BCUT2D eigenvalue weighted by Gasteiger charge is -2.31. The largest absolute Gasteiger partial charge is 0.350 e. The summed E-state index contributed by atoms with van der Waals surface area (Å²) in [5.41, 5.74) is 1.09. The first-order valence-corrected chi connectivity index (χ1v) is 8.90. The van der Waals surface area contributed by atoms with Gasteiger partial charge < -0.3 is 9.88 Å². The van der Waals surface area contributed by atoms with E-state index in [0.717, 1.165) is 43.9 Å². The van der Waals surface area contributed by atoms with Crippen LogP contribution >= 0.6 is 0 Å². The van der Waals surface area contributed by atoms with Crippen molar-refractivity contribution in [1.82, 2.24) is 19.8 Å². The fourth-order valence-corrected chi connectivity index (χ4v) is 3.93. The van der Waals surface area contributed by atoms with Crippen LogP contribution < -0.4 is 5.32 Å². The van der Waals surface area contributed by atoms with Gasteiger partial charge in [-0.25, -0.2) is 4.98 Å². The topological polar surface area (TPSA) is 50.2 Å². The zero-order valence-corrected chi connectivity index (χ0v) is 13.9. The molecule has 1 aromatic carbocycles. The van der Waals surface area contributed by atoms with Gasteiger partial charge in [-0.15, -0.1) is 0 Å². The van der Waals surface area contributed by atoms with E-state index in [9.17, 15) is 4.79 Å². The number of amides is 1. The minimum absolute atomic E-state index is 0.136. The van der Waals surface area contributed by atoms with Crippen LogP contribution in [-0.2, 0) is 17.8 Å². The number of fused-ring (bicyclic) bond motifs is 1. The standard InChI is InChI=1S/C19H24N4O/c24-19(21-16-8-9-17-20-10-13-23(17)14-16)18(22-11-4-5-12-22)15-6-2-1-3-7-15/h1-3,6-7,10,13,16,18H,4-5,8-9,11-12,14H2,(H,21,24)/t16-,18-/m0/s1. The molecule has 0 saturated carbocycles. The second kappa shape index (κ2) is 6.77. The fraction of sp³-hybridized carbons (Fsp3) is 0.474. The van der Waals surface area contributed by atoms with E-state index in [1.54, 1.807) is 0 Å². The molecule has 1 saturated heterocycles. The van der Waals surface area contributed by atoms with E-state index in [1.807, 2.05) is 30.6 Å². The normalized spacial score (nSPS) is 22.1. The Bertz CT molecular complexity index is 690. The van der Waals surface area contributed by atoms with Crippen molar-refractivity contribution >= 4 is 5.91 Å². The molecular formula is C19H24N4O. The number of carbonyl (C=O) groups is 1. The molecule has 2 aliphatic rings. The van der Waals surface area contributed by atoms with E-state index in [-0.39, 0.29) is 18.0 Å². The van der Waals surface area contributed by atoms with Gasteiger partial charge in [0, 0.05) is 31.4 Å². The van der Waals surface area contributed by atoms with E-state index < -0.39 is 0 Å². The second-order valence-corrected chi connectivity index (χ2v) is 6.80. The van der Waals surface area contributed by atoms with Crippen molar-refractivity contribution in [3.05, 3.63) is 54.1 Å². The van der Waals surface area contributed by atoms with Crippen molar-refractivity contribution in [2.24, 2.45) is 0 Å². The Labute approximate surface area is 142 Å². The predicted molar refractivity (Wildman–Crippen MR) is 92.5 cm³/mol. The molecule has 2 aliphatic heterocycles. The third kappa shape index (κ3) is 3.08. The number of rotatable bonds is 4. The molecule has 0 bridgehead atoms. The SMILES string of the molecule is O=C(N[C@H]1CCc2nccn2C1)[C@H](c1ccccc1)N1CCCC1. The molecule has 4 rings (SSSR count). The van der Waals surface area contributed by atoms with Gasteiger partial charge >= 0.3 is 0 Å². The quantitative estimate of drug-likeness (QED) is 0.937. The molecule has 1 aromatic heterocycles. The summed E-state index contributed by atoms with van der Waals surface area (Å²) in [7, 11) is 0. The van der Waals surface area contributed by atoms with Crippen LogP contribution in [0.4, 0.5) is 0 Å². The van der Waals surface area contributed by atoms with Crippen LogP contribution in [-0.4, -0.2) is 39.5 Å². The van der Waals surface area contributed by atoms with Gasteiger partial charge in [0.05, 0.1) is 0 Å².